The number of hydrogen-bond acceptors (Lipinski definition) is 2. The fourth-order valence-corrected chi connectivity index (χ4v) is 3.91. The van der Waals surface area contributed by atoms with Gasteiger partial charge in [0.15, 0.2) is 0 Å². The van der Waals surface area contributed by atoms with Gasteiger partial charge < -0.3 is 10.2 Å². The number of aliphatic hydroxyl groups is 2. The first-order valence-electron chi connectivity index (χ1n) is 5.99. The predicted molar refractivity (Wildman–Crippen MR) is 55.9 cm³/mol. The maximum Gasteiger partial charge on any atom is 0.0599 e. The van der Waals surface area contributed by atoms with Gasteiger partial charge in [-0.3, -0.25) is 0 Å². The van der Waals surface area contributed by atoms with Crippen LogP contribution in [0.2, 0.25) is 0 Å². The highest BCUT2D eigenvalue weighted by molar-refractivity contribution is 5.01. The summed E-state index contributed by atoms with van der Waals surface area (Å²) in [4.78, 5) is 0. The third kappa shape index (κ3) is 1.40. The Kier molecular flexibility index (Phi) is 2.85. The minimum Gasteiger partial charge on any atom is -0.396 e. The van der Waals surface area contributed by atoms with Crippen LogP contribution in [0.25, 0.3) is 0 Å². The molecule has 0 aliphatic heterocycles. The second-order valence-corrected chi connectivity index (χ2v) is 5.30. The van der Waals surface area contributed by atoms with E-state index in [0.29, 0.717) is 11.8 Å². The zero-order chi connectivity index (χ0) is 10.2. The zero-order valence-electron chi connectivity index (χ0n) is 9.08. The fraction of sp³-hybridized carbons (Fsp3) is 1.00. The Balaban J connectivity index is 2.16. The van der Waals surface area contributed by atoms with E-state index in [1.165, 1.54) is 32.1 Å². The average molecular weight is 198 g/mol. The number of rotatable bonds is 2. The second kappa shape index (κ2) is 3.82. The molecule has 0 aromatic heterocycles. The van der Waals surface area contributed by atoms with Crippen LogP contribution in [-0.2, 0) is 0 Å². The largest absolute Gasteiger partial charge is 0.396 e. The minimum absolute atomic E-state index is 0.0935. The normalized spacial score (nSPS) is 44.8. The van der Waals surface area contributed by atoms with Crippen molar-refractivity contribution in [1.29, 1.82) is 0 Å². The number of aliphatic hydroxyl groups excluding tert-OH is 2. The summed E-state index contributed by atoms with van der Waals surface area (Å²) >= 11 is 0. The first kappa shape index (κ1) is 10.4. The van der Waals surface area contributed by atoms with Gasteiger partial charge in [-0.25, -0.2) is 0 Å². The lowest BCUT2D eigenvalue weighted by molar-refractivity contribution is -0.00547. The average Bonchev–Trinajstić information content (AvgIpc) is 2.76. The van der Waals surface area contributed by atoms with Crippen molar-refractivity contribution in [1.82, 2.24) is 0 Å². The number of hydrogen-bond donors (Lipinski definition) is 2. The van der Waals surface area contributed by atoms with E-state index in [4.69, 9.17) is 0 Å². The first-order valence-corrected chi connectivity index (χ1v) is 5.99. The highest BCUT2D eigenvalue weighted by Crippen LogP contribution is 2.56. The van der Waals surface area contributed by atoms with E-state index in [2.05, 4.69) is 6.92 Å². The molecule has 0 unspecified atom stereocenters. The fourth-order valence-electron chi connectivity index (χ4n) is 3.91. The summed E-state index contributed by atoms with van der Waals surface area (Å²) < 4.78 is 0. The highest BCUT2D eigenvalue weighted by atomic mass is 16.3. The van der Waals surface area contributed by atoms with E-state index >= 15 is 0 Å². The van der Waals surface area contributed by atoms with Crippen molar-refractivity contribution in [3.63, 3.8) is 0 Å². The Morgan fingerprint density at radius 2 is 1.93 bits per heavy atom. The van der Waals surface area contributed by atoms with Gasteiger partial charge in [-0.05, 0) is 42.9 Å². The molecule has 2 N–H and O–H groups in total. The van der Waals surface area contributed by atoms with E-state index in [9.17, 15) is 10.2 Å². The van der Waals surface area contributed by atoms with E-state index in [1.54, 1.807) is 0 Å². The van der Waals surface area contributed by atoms with Crippen LogP contribution >= 0.6 is 0 Å². The molecule has 2 nitrogen and oxygen atoms in total. The molecule has 2 rings (SSSR count). The molecular weight excluding hydrogens is 176 g/mol. The molecule has 1 spiro atoms. The van der Waals surface area contributed by atoms with E-state index in [0.717, 1.165) is 6.42 Å². The maximum absolute atomic E-state index is 10.1. The summed E-state index contributed by atoms with van der Waals surface area (Å²) in [6, 6.07) is 0. The molecule has 0 radical (unpaired) electrons. The van der Waals surface area contributed by atoms with Gasteiger partial charge in [-0.1, -0.05) is 19.8 Å². The molecule has 82 valence electrons. The van der Waals surface area contributed by atoms with Gasteiger partial charge in [-0.2, -0.15) is 0 Å². The molecule has 0 bridgehead atoms. The Bertz CT molecular complexity index is 200. The standard InChI is InChI=1S/C12H22O2/c1-9(8-13)10-4-2-6-12(10)7-3-5-11(12)14/h9-11,13-14H,2-8H2,1H3/t9-,10+,11-,12-/m0/s1. The van der Waals surface area contributed by atoms with Gasteiger partial charge in [0.05, 0.1) is 6.10 Å². The molecule has 0 saturated heterocycles. The molecular formula is C12H22O2. The lowest BCUT2D eigenvalue weighted by Gasteiger charge is -2.37. The lowest BCUT2D eigenvalue weighted by atomic mass is 9.70. The first-order chi connectivity index (χ1) is 6.70. The highest BCUT2D eigenvalue weighted by Gasteiger charge is 2.51. The Morgan fingerprint density at radius 3 is 2.50 bits per heavy atom. The van der Waals surface area contributed by atoms with Crippen molar-refractivity contribution in [3.05, 3.63) is 0 Å². The van der Waals surface area contributed by atoms with E-state index in [-0.39, 0.29) is 18.1 Å². The van der Waals surface area contributed by atoms with Gasteiger partial charge in [0.25, 0.3) is 0 Å². The summed E-state index contributed by atoms with van der Waals surface area (Å²) in [7, 11) is 0. The molecule has 2 heteroatoms. The van der Waals surface area contributed by atoms with Crippen LogP contribution in [0.15, 0.2) is 0 Å². The molecule has 2 aliphatic rings. The zero-order valence-corrected chi connectivity index (χ0v) is 9.08. The Morgan fingerprint density at radius 1 is 1.29 bits per heavy atom. The third-order valence-corrected chi connectivity index (χ3v) is 4.65. The molecule has 2 fully saturated rings. The van der Waals surface area contributed by atoms with Crippen LogP contribution in [0, 0.1) is 17.3 Å². The predicted octanol–water partition coefficient (Wildman–Crippen LogP) is 1.95. The summed E-state index contributed by atoms with van der Waals surface area (Å²) in [5.74, 6) is 0.926. The van der Waals surface area contributed by atoms with Crippen LogP contribution in [0.3, 0.4) is 0 Å². The molecule has 0 heterocycles. The van der Waals surface area contributed by atoms with Gasteiger partial charge in [0.1, 0.15) is 0 Å². The molecule has 0 aromatic rings. The summed E-state index contributed by atoms with van der Waals surface area (Å²) in [6.07, 6.45) is 6.88. The molecule has 14 heavy (non-hydrogen) atoms. The van der Waals surface area contributed by atoms with E-state index in [1.807, 2.05) is 0 Å². The second-order valence-electron chi connectivity index (χ2n) is 5.30. The van der Waals surface area contributed by atoms with Crippen LogP contribution < -0.4 is 0 Å². The topological polar surface area (TPSA) is 40.5 Å². The van der Waals surface area contributed by atoms with Gasteiger partial charge in [0, 0.05) is 6.61 Å². The summed E-state index contributed by atoms with van der Waals surface area (Å²) in [5.41, 5.74) is 0.183. The Labute approximate surface area is 86.3 Å². The summed E-state index contributed by atoms with van der Waals surface area (Å²) in [5, 5.41) is 19.4. The molecule has 2 saturated carbocycles. The van der Waals surface area contributed by atoms with Crippen molar-refractivity contribution < 1.29 is 10.2 Å². The van der Waals surface area contributed by atoms with Crippen molar-refractivity contribution in [2.24, 2.45) is 17.3 Å². The molecule has 0 aromatic carbocycles. The maximum atomic E-state index is 10.1. The van der Waals surface area contributed by atoms with Crippen LogP contribution in [0.1, 0.15) is 45.4 Å². The quantitative estimate of drug-likeness (QED) is 0.712. The molecule has 0 amide bonds. The van der Waals surface area contributed by atoms with Crippen LogP contribution in [-0.4, -0.2) is 22.9 Å². The van der Waals surface area contributed by atoms with Crippen molar-refractivity contribution in [3.8, 4) is 0 Å². The third-order valence-electron chi connectivity index (χ3n) is 4.65. The van der Waals surface area contributed by atoms with Gasteiger partial charge in [0.2, 0.25) is 0 Å². The van der Waals surface area contributed by atoms with E-state index < -0.39 is 0 Å². The molecule has 4 atom stereocenters. The smallest absolute Gasteiger partial charge is 0.0599 e. The van der Waals surface area contributed by atoms with Crippen molar-refractivity contribution in [2.45, 2.75) is 51.6 Å². The Hall–Kier alpha value is -0.0800. The van der Waals surface area contributed by atoms with Crippen LogP contribution in [0.4, 0.5) is 0 Å². The van der Waals surface area contributed by atoms with Gasteiger partial charge >= 0.3 is 0 Å². The molecule has 2 aliphatic carbocycles. The minimum atomic E-state index is -0.0935. The van der Waals surface area contributed by atoms with Crippen LogP contribution in [0.5, 0.6) is 0 Å². The monoisotopic (exact) mass is 198 g/mol. The summed E-state index contributed by atoms with van der Waals surface area (Å²) in [6.45, 7) is 2.40. The SMILES string of the molecule is C[C@@H](CO)[C@H]1CCC[C@]12CCC[C@@H]2O. The van der Waals surface area contributed by atoms with Crippen molar-refractivity contribution >= 4 is 0 Å². The van der Waals surface area contributed by atoms with Gasteiger partial charge in [-0.15, -0.1) is 0 Å². The van der Waals surface area contributed by atoms with Crippen molar-refractivity contribution in [2.75, 3.05) is 6.61 Å². The lowest BCUT2D eigenvalue weighted by Crippen LogP contribution is -2.37.